The molecule has 0 spiro atoms. The Morgan fingerprint density at radius 1 is 1.41 bits per heavy atom. The Bertz CT molecular complexity index is 1020. The summed E-state index contributed by atoms with van der Waals surface area (Å²) in [6.07, 6.45) is 5.18. The fourth-order valence-corrected chi connectivity index (χ4v) is 4.26. The maximum absolute atomic E-state index is 12.6. The summed E-state index contributed by atoms with van der Waals surface area (Å²) in [6, 6.07) is 5.20. The minimum Gasteiger partial charge on any atom is -0.310 e. The van der Waals surface area contributed by atoms with E-state index < -0.39 is 0 Å². The van der Waals surface area contributed by atoms with Crippen LogP contribution >= 0.6 is 27.3 Å². The van der Waals surface area contributed by atoms with E-state index in [1.807, 2.05) is 11.4 Å². The molecule has 7 nitrogen and oxygen atoms in total. The number of pyridine rings is 1. The highest BCUT2D eigenvalue weighted by molar-refractivity contribution is 9.10. The molecule has 1 fully saturated rings. The molecule has 0 radical (unpaired) electrons. The van der Waals surface area contributed by atoms with Gasteiger partial charge in [0.15, 0.2) is 4.96 Å². The van der Waals surface area contributed by atoms with Crippen molar-refractivity contribution >= 4 is 44.0 Å². The number of carbonyl (C=O) groups is 1. The number of piperidine rings is 1. The van der Waals surface area contributed by atoms with Crippen LogP contribution in [0.25, 0.3) is 4.96 Å². The third kappa shape index (κ3) is 4.26. The van der Waals surface area contributed by atoms with Crippen LogP contribution in [0.2, 0.25) is 0 Å². The Kier molecular flexibility index (Phi) is 5.33. The summed E-state index contributed by atoms with van der Waals surface area (Å²) < 4.78 is 2.42. The first-order valence-electron chi connectivity index (χ1n) is 8.69. The Labute approximate surface area is 168 Å². The number of thiazole rings is 1. The number of aromatic nitrogens is 3. The van der Waals surface area contributed by atoms with Gasteiger partial charge in [0.2, 0.25) is 5.91 Å². The van der Waals surface area contributed by atoms with Gasteiger partial charge in [0.1, 0.15) is 5.82 Å². The minimum atomic E-state index is -0.101. The lowest BCUT2D eigenvalue weighted by Crippen LogP contribution is -2.40. The monoisotopic (exact) mass is 447 g/mol. The summed E-state index contributed by atoms with van der Waals surface area (Å²) in [5, 5.41) is 4.74. The molecule has 1 atom stereocenters. The maximum Gasteiger partial charge on any atom is 0.258 e. The second-order valence-corrected chi connectivity index (χ2v) is 8.36. The normalized spacial score (nSPS) is 17.9. The molecule has 0 unspecified atom stereocenters. The number of amides is 1. The highest BCUT2D eigenvalue weighted by atomic mass is 79.9. The summed E-state index contributed by atoms with van der Waals surface area (Å²) >= 11 is 4.78. The first-order chi connectivity index (χ1) is 13.1. The van der Waals surface area contributed by atoms with Crippen molar-refractivity contribution in [2.45, 2.75) is 19.4 Å². The van der Waals surface area contributed by atoms with Gasteiger partial charge >= 0.3 is 0 Å². The van der Waals surface area contributed by atoms with Crippen LogP contribution in [0.15, 0.2) is 45.2 Å². The van der Waals surface area contributed by atoms with Crippen molar-refractivity contribution in [3.63, 3.8) is 0 Å². The lowest BCUT2D eigenvalue weighted by molar-refractivity contribution is -0.121. The van der Waals surface area contributed by atoms with E-state index in [4.69, 9.17) is 0 Å². The molecule has 0 aliphatic carbocycles. The lowest BCUT2D eigenvalue weighted by atomic mass is 9.97. The quantitative estimate of drug-likeness (QED) is 0.664. The number of rotatable bonds is 4. The molecule has 1 aliphatic rings. The predicted molar refractivity (Wildman–Crippen MR) is 108 cm³/mol. The molecule has 1 aliphatic heterocycles. The van der Waals surface area contributed by atoms with Crippen molar-refractivity contribution in [2.24, 2.45) is 5.92 Å². The predicted octanol–water partition coefficient (Wildman–Crippen LogP) is 2.76. The maximum atomic E-state index is 12.6. The summed E-state index contributed by atoms with van der Waals surface area (Å²) in [5.41, 5.74) is 0.682. The zero-order chi connectivity index (χ0) is 18.8. The Morgan fingerprint density at radius 3 is 3.11 bits per heavy atom. The van der Waals surface area contributed by atoms with Gasteiger partial charge in [-0.3, -0.25) is 18.9 Å². The molecule has 4 rings (SSSR count). The number of fused-ring (bicyclic) bond motifs is 1. The molecule has 9 heteroatoms. The van der Waals surface area contributed by atoms with Gasteiger partial charge in [0.05, 0.1) is 11.6 Å². The van der Waals surface area contributed by atoms with Crippen molar-refractivity contribution in [3.8, 4) is 0 Å². The standard InChI is InChI=1S/C18H18BrN5O2S/c19-13-3-4-15(20-9-13)22-17(26)12-2-1-5-23(10-12)11-14-8-16(25)24-6-7-27-18(24)21-14/h3-4,6-9,12H,1-2,5,10-11H2,(H,20,22,26)/t12-/m0/s1. The van der Waals surface area contributed by atoms with Crippen LogP contribution < -0.4 is 10.9 Å². The van der Waals surface area contributed by atoms with Gasteiger partial charge in [0, 0.05) is 41.4 Å². The molecule has 0 bridgehead atoms. The molecule has 4 heterocycles. The number of nitrogens with one attached hydrogen (secondary N) is 1. The molecule has 1 amide bonds. The molecule has 0 saturated carbocycles. The first kappa shape index (κ1) is 18.3. The zero-order valence-corrected chi connectivity index (χ0v) is 16.9. The largest absolute Gasteiger partial charge is 0.310 e. The van der Waals surface area contributed by atoms with Crippen molar-refractivity contribution in [1.29, 1.82) is 0 Å². The lowest BCUT2D eigenvalue weighted by Gasteiger charge is -2.31. The molecular weight excluding hydrogens is 430 g/mol. The highest BCUT2D eigenvalue weighted by Gasteiger charge is 2.26. The van der Waals surface area contributed by atoms with Crippen LogP contribution in [-0.2, 0) is 11.3 Å². The third-order valence-electron chi connectivity index (χ3n) is 4.60. The van der Waals surface area contributed by atoms with Crippen LogP contribution in [0.3, 0.4) is 0 Å². The molecule has 3 aromatic heterocycles. The molecule has 3 aromatic rings. The van der Waals surface area contributed by atoms with Gasteiger partial charge < -0.3 is 5.32 Å². The van der Waals surface area contributed by atoms with E-state index in [2.05, 4.69) is 36.1 Å². The SMILES string of the molecule is O=C(Nc1ccc(Br)cn1)[C@H]1CCCN(Cc2cc(=O)n3ccsc3n2)C1. The van der Waals surface area contributed by atoms with Gasteiger partial charge in [-0.15, -0.1) is 11.3 Å². The van der Waals surface area contributed by atoms with Gasteiger partial charge in [0.25, 0.3) is 5.56 Å². The van der Waals surface area contributed by atoms with Gasteiger partial charge in [-0.2, -0.15) is 0 Å². The number of hydrogen-bond donors (Lipinski definition) is 1. The van der Waals surface area contributed by atoms with E-state index in [1.165, 1.54) is 11.3 Å². The van der Waals surface area contributed by atoms with Gasteiger partial charge in [-0.05, 0) is 47.4 Å². The molecule has 1 saturated heterocycles. The highest BCUT2D eigenvalue weighted by Crippen LogP contribution is 2.20. The van der Waals surface area contributed by atoms with Crippen LogP contribution in [-0.4, -0.2) is 38.3 Å². The van der Waals surface area contributed by atoms with Gasteiger partial charge in [-0.1, -0.05) is 0 Å². The van der Waals surface area contributed by atoms with Crippen LogP contribution in [0, 0.1) is 5.92 Å². The van der Waals surface area contributed by atoms with Gasteiger partial charge in [-0.25, -0.2) is 9.97 Å². The number of hydrogen-bond acceptors (Lipinski definition) is 6. The number of anilines is 1. The minimum absolute atomic E-state index is 0.0174. The van der Waals surface area contributed by atoms with Crippen molar-refractivity contribution < 1.29 is 4.79 Å². The Morgan fingerprint density at radius 2 is 2.30 bits per heavy atom. The van der Waals surface area contributed by atoms with Crippen LogP contribution in [0.4, 0.5) is 5.82 Å². The summed E-state index contributed by atoms with van der Waals surface area (Å²) in [4.78, 5) is 36.4. The van der Waals surface area contributed by atoms with Crippen molar-refractivity contribution in [1.82, 2.24) is 19.3 Å². The topological polar surface area (TPSA) is 79.6 Å². The second-order valence-electron chi connectivity index (χ2n) is 6.57. The Balaban J connectivity index is 1.41. The number of nitrogens with zero attached hydrogens (tertiary/aromatic N) is 4. The third-order valence-corrected chi connectivity index (χ3v) is 5.82. The molecule has 1 N–H and O–H groups in total. The fourth-order valence-electron chi connectivity index (χ4n) is 3.29. The van der Waals surface area contributed by atoms with Crippen molar-refractivity contribution in [3.05, 3.63) is 56.5 Å². The molecular formula is C18H18BrN5O2S. The molecule has 0 aromatic carbocycles. The first-order valence-corrected chi connectivity index (χ1v) is 10.4. The van der Waals surface area contributed by atoms with E-state index in [-0.39, 0.29) is 17.4 Å². The van der Waals surface area contributed by atoms with Crippen LogP contribution in [0.1, 0.15) is 18.5 Å². The smallest absolute Gasteiger partial charge is 0.258 e. The summed E-state index contributed by atoms with van der Waals surface area (Å²) in [7, 11) is 0. The van der Waals surface area contributed by atoms with Crippen LogP contribution in [0.5, 0.6) is 0 Å². The Hall–Kier alpha value is -2.10. The summed E-state index contributed by atoms with van der Waals surface area (Å²) in [6.45, 7) is 2.11. The van der Waals surface area contributed by atoms with Crippen molar-refractivity contribution in [2.75, 3.05) is 18.4 Å². The zero-order valence-electron chi connectivity index (χ0n) is 14.5. The molecule has 27 heavy (non-hydrogen) atoms. The average Bonchev–Trinajstić information content (AvgIpc) is 3.13. The van der Waals surface area contributed by atoms with E-state index in [0.717, 1.165) is 29.6 Å². The number of carbonyl (C=O) groups excluding carboxylic acids is 1. The average molecular weight is 448 g/mol. The van der Waals surface area contributed by atoms with E-state index in [1.54, 1.807) is 28.9 Å². The van der Waals surface area contributed by atoms with E-state index in [9.17, 15) is 9.59 Å². The van der Waals surface area contributed by atoms with E-state index in [0.29, 0.717) is 23.9 Å². The fraction of sp³-hybridized carbons (Fsp3) is 0.333. The summed E-state index contributed by atoms with van der Waals surface area (Å²) in [5.74, 6) is 0.435. The number of halogens is 1. The number of likely N-dealkylation sites (tertiary alicyclic amines) is 1. The molecule has 140 valence electrons. The van der Waals surface area contributed by atoms with E-state index >= 15 is 0 Å². The second kappa shape index (κ2) is 7.87.